The molecule has 0 saturated heterocycles. The summed E-state index contributed by atoms with van der Waals surface area (Å²) in [6.45, 7) is 1.92. The molecule has 0 aliphatic heterocycles. The highest BCUT2D eigenvalue weighted by molar-refractivity contribution is 7.86. The fraction of sp³-hybridized carbons (Fsp3) is 0.478. The Kier molecular flexibility index (Phi) is 4.52. The number of nitrogens with zero attached hydrogens (tertiary/aromatic N) is 1. The van der Waals surface area contributed by atoms with Crippen molar-refractivity contribution in [1.82, 2.24) is 0 Å². The first-order chi connectivity index (χ1) is 14.3. The van der Waals surface area contributed by atoms with E-state index >= 15 is 0 Å². The van der Waals surface area contributed by atoms with E-state index in [1.165, 1.54) is 18.6 Å². The summed E-state index contributed by atoms with van der Waals surface area (Å²) in [5.74, 6) is 1.34. The number of nitro benzene ring substituents is 1. The van der Waals surface area contributed by atoms with Crippen molar-refractivity contribution in [3.63, 3.8) is 0 Å². The molecular formula is C23H25NO5S. The fourth-order valence-corrected chi connectivity index (χ4v) is 7.57. The number of aryl methyl sites for hydroxylation is 1. The molecule has 6 nitrogen and oxygen atoms in total. The van der Waals surface area contributed by atoms with E-state index in [-0.39, 0.29) is 16.5 Å². The molecule has 0 heterocycles. The molecule has 2 aromatic rings. The summed E-state index contributed by atoms with van der Waals surface area (Å²) in [6, 6.07) is 13.4. The zero-order valence-electron chi connectivity index (χ0n) is 16.9. The van der Waals surface area contributed by atoms with E-state index < -0.39 is 26.6 Å². The van der Waals surface area contributed by atoms with Crippen LogP contribution in [0.4, 0.5) is 5.69 Å². The molecule has 4 aliphatic rings. The lowest BCUT2D eigenvalue weighted by Gasteiger charge is -2.60. The Balaban J connectivity index is 1.54. The van der Waals surface area contributed by atoms with Gasteiger partial charge in [0.05, 0.1) is 15.9 Å². The second-order valence-corrected chi connectivity index (χ2v) is 10.9. The highest BCUT2D eigenvalue weighted by Gasteiger charge is 2.59. The van der Waals surface area contributed by atoms with Crippen LogP contribution in [-0.2, 0) is 19.7 Å². The second-order valence-electron chi connectivity index (χ2n) is 9.35. The summed E-state index contributed by atoms with van der Waals surface area (Å²) in [7, 11) is -3.90. The van der Waals surface area contributed by atoms with Crippen molar-refractivity contribution in [2.24, 2.45) is 17.8 Å². The number of benzene rings is 2. The van der Waals surface area contributed by atoms with E-state index in [1.807, 2.05) is 6.92 Å². The molecule has 30 heavy (non-hydrogen) atoms. The van der Waals surface area contributed by atoms with Gasteiger partial charge in [0.25, 0.3) is 15.8 Å². The number of non-ortho nitro benzene ring substituents is 1. The van der Waals surface area contributed by atoms with Crippen molar-refractivity contribution < 1.29 is 17.5 Å². The lowest BCUT2D eigenvalue weighted by molar-refractivity contribution is -0.384. The van der Waals surface area contributed by atoms with Gasteiger partial charge in [-0.25, -0.2) is 0 Å². The minimum absolute atomic E-state index is 0.0493. The van der Waals surface area contributed by atoms with Gasteiger partial charge in [0, 0.05) is 17.5 Å². The Morgan fingerprint density at radius 1 is 0.967 bits per heavy atom. The summed E-state index contributed by atoms with van der Waals surface area (Å²) in [6.07, 6.45) is 4.53. The third kappa shape index (κ3) is 3.15. The molecule has 0 radical (unpaired) electrons. The van der Waals surface area contributed by atoms with Crippen LogP contribution in [0.1, 0.15) is 43.2 Å². The van der Waals surface area contributed by atoms with Gasteiger partial charge < -0.3 is 0 Å². The predicted octanol–water partition coefficient (Wildman–Crippen LogP) is 4.76. The van der Waals surface area contributed by atoms with Crippen LogP contribution in [0.3, 0.4) is 0 Å². The van der Waals surface area contributed by atoms with Crippen LogP contribution in [0, 0.1) is 34.8 Å². The Bertz CT molecular complexity index is 1060. The first-order valence-corrected chi connectivity index (χ1v) is 11.9. The average molecular weight is 428 g/mol. The van der Waals surface area contributed by atoms with Gasteiger partial charge in [-0.1, -0.05) is 29.8 Å². The van der Waals surface area contributed by atoms with Crippen LogP contribution in [0.25, 0.3) is 0 Å². The molecule has 7 heteroatoms. The molecule has 4 aliphatic carbocycles. The minimum Gasteiger partial charge on any atom is -0.262 e. The Morgan fingerprint density at radius 2 is 1.57 bits per heavy atom. The predicted molar refractivity (Wildman–Crippen MR) is 112 cm³/mol. The number of hydrogen-bond donors (Lipinski definition) is 0. The molecule has 0 aromatic heterocycles. The monoisotopic (exact) mass is 427 g/mol. The fourth-order valence-electron chi connectivity index (χ4n) is 6.38. The van der Waals surface area contributed by atoms with E-state index in [9.17, 15) is 18.5 Å². The molecule has 4 fully saturated rings. The molecule has 4 saturated carbocycles. The molecule has 0 amide bonds. The molecule has 0 N–H and O–H groups in total. The summed E-state index contributed by atoms with van der Waals surface area (Å²) >= 11 is 0. The smallest absolute Gasteiger partial charge is 0.262 e. The molecule has 3 unspecified atom stereocenters. The normalized spacial score (nSPS) is 32.3. The Morgan fingerprint density at radius 3 is 2.13 bits per heavy atom. The molecule has 5 atom stereocenters. The van der Waals surface area contributed by atoms with Gasteiger partial charge in [0.15, 0.2) is 0 Å². The van der Waals surface area contributed by atoms with Crippen LogP contribution >= 0.6 is 0 Å². The van der Waals surface area contributed by atoms with Crippen molar-refractivity contribution >= 4 is 15.8 Å². The van der Waals surface area contributed by atoms with Crippen molar-refractivity contribution in [2.75, 3.05) is 0 Å². The lowest BCUT2D eigenvalue weighted by Crippen LogP contribution is -2.59. The van der Waals surface area contributed by atoms with Gasteiger partial charge in [0.2, 0.25) is 0 Å². The Labute approximate surface area is 176 Å². The van der Waals surface area contributed by atoms with E-state index in [2.05, 4.69) is 0 Å². The standard InChI is InChI=1S/C23H25NO5S/c1-15-2-8-21(9-3-15)30(27,28)29-22-18-11-16-10-17(12-18)14-23(22,13-16)19-4-6-20(7-5-19)24(25)26/h2-9,16-18,22H,10-14H2,1H3/t16-,17+,18?,22?,23?. The van der Waals surface area contributed by atoms with Crippen molar-refractivity contribution in [1.29, 1.82) is 0 Å². The lowest BCUT2D eigenvalue weighted by atomic mass is 9.46. The molecule has 4 bridgehead atoms. The number of hydrogen-bond acceptors (Lipinski definition) is 5. The van der Waals surface area contributed by atoms with Crippen LogP contribution < -0.4 is 0 Å². The number of nitro groups is 1. The average Bonchev–Trinajstić information content (AvgIpc) is 2.70. The van der Waals surface area contributed by atoms with Crippen molar-refractivity contribution in [3.8, 4) is 0 Å². The van der Waals surface area contributed by atoms with Gasteiger partial charge in [-0.05, 0) is 74.5 Å². The minimum atomic E-state index is -3.90. The van der Waals surface area contributed by atoms with Gasteiger partial charge in [-0.3, -0.25) is 14.3 Å². The summed E-state index contributed by atoms with van der Waals surface area (Å²) in [5, 5.41) is 11.1. The molecule has 0 spiro atoms. The largest absolute Gasteiger partial charge is 0.297 e. The highest BCUT2D eigenvalue weighted by atomic mass is 32.2. The maximum atomic E-state index is 13.1. The maximum absolute atomic E-state index is 13.1. The van der Waals surface area contributed by atoms with Crippen LogP contribution in [0.2, 0.25) is 0 Å². The molecule has 6 rings (SSSR count). The van der Waals surface area contributed by atoms with Crippen LogP contribution in [0.5, 0.6) is 0 Å². The second kappa shape index (κ2) is 6.89. The third-order valence-corrected chi connectivity index (χ3v) is 8.72. The molecule has 2 aromatic carbocycles. The first-order valence-electron chi connectivity index (χ1n) is 10.5. The Hall–Kier alpha value is -2.25. The summed E-state index contributed by atoms with van der Waals surface area (Å²) in [4.78, 5) is 10.9. The summed E-state index contributed by atoms with van der Waals surface area (Å²) < 4.78 is 32.3. The van der Waals surface area contributed by atoms with Crippen LogP contribution in [0.15, 0.2) is 53.4 Å². The van der Waals surface area contributed by atoms with Crippen molar-refractivity contribution in [3.05, 3.63) is 69.8 Å². The SMILES string of the molecule is Cc1ccc(S(=O)(=O)OC2C3C[C@@H]4C[C@H](C3)CC2(c2ccc([N+](=O)[O-])cc2)C4)cc1. The molecular weight excluding hydrogens is 402 g/mol. The van der Waals surface area contributed by atoms with Gasteiger partial charge in [0.1, 0.15) is 0 Å². The quantitative estimate of drug-likeness (QED) is 0.390. The topological polar surface area (TPSA) is 86.5 Å². The number of rotatable bonds is 5. The van der Waals surface area contributed by atoms with Gasteiger partial charge in [-0.15, -0.1) is 0 Å². The van der Waals surface area contributed by atoms with E-state index in [1.54, 1.807) is 36.4 Å². The van der Waals surface area contributed by atoms with Crippen LogP contribution in [-0.4, -0.2) is 19.4 Å². The zero-order chi connectivity index (χ0) is 21.1. The van der Waals surface area contributed by atoms with Gasteiger partial charge >= 0.3 is 0 Å². The van der Waals surface area contributed by atoms with E-state index in [4.69, 9.17) is 4.18 Å². The van der Waals surface area contributed by atoms with E-state index in [0.717, 1.165) is 36.8 Å². The summed E-state index contributed by atoms with van der Waals surface area (Å²) in [5.41, 5.74) is 1.61. The van der Waals surface area contributed by atoms with Crippen molar-refractivity contribution in [2.45, 2.75) is 55.4 Å². The van der Waals surface area contributed by atoms with E-state index in [0.29, 0.717) is 11.8 Å². The first kappa shape index (κ1) is 19.7. The highest BCUT2D eigenvalue weighted by Crippen LogP contribution is 2.62. The molecule has 158 valence electrons. The van der Waals surface area contributed by atoms with Gasteiger partial charge in [-0.2, -0.15) is 8.42 Å². The maximum Gasteiger partial charge on any atom is 0.297 e. The zero-order valence-corrected chi connectivity index (χ0v) is 17.7. The third-order valence-electron chi connectivity index (χ3n) is 7.41.